The van der Waals surface area contributed by atoms with Gasteiger partial charge in [0.25, 0.3) is 5.56 Å². The Morgan fingerprint density at radius 3 is 2.82 bits per heavy atom. The average molecular weight is 296 g/mol. The highest BCUT2D eigenvalue weighted by atomic mass is 16.5. The molecule has 0 saturated heterocycles. The molecule has 5 heteroatoms. The Hall–Kier alpha value is -3.00. The molecule has 0 unspecified atom stereocenters. The Labute approximate surface area is 128 Å². The zero-order chi connectivity index (χ0) is 15.8. The Bertz CT molecular complexity index is 755. The van der Waals surface area contributed by atoms with Crippen molar-refractivity contribution in [3.05, 3.63) is 69.6 Å². The molecule has 2 rings (SSSR count). The number of amides is 1. The van der Waals surface area contributed by atoms with Gasteiger partial charge in [0.1, 0.15) is 6.61 Å². The number of nitrogens with one attached hydrogen (secondary N) is 2. The van der Waals surface area contributed by atoms with Crippen LogP contribution < -0.4 is 10.9 Å². The van der Waals surface area contributed by atoms with Crippen molar-refractivity contribution in [1.29, 1.82) is 0 Å². The molecule has 1 aromatic carbocycles. The van der Waals surface area contributed by atoms with E-state index in [4.69, 9.17) is 4.74 Å². The summed E-state index contributed by atoms with van der Waals surface area (Å²) in [5.41, 5.74) is 2.08. The number of H-pyrrole nitrogens is 1. The lowest BCUT2D eigenvalue weighted by Gasteiger charge is -2.04. The fourth-order valence-electron chi connectivity index (χ4n) is 1.71. The Kier molecular flexibility index (Phi) is 5.38. The third-order valence-electron chi connectivity index (χ3n) is 2.86. The minimum absolute atomic E-state index is 0.131. The minimum atomic E-state index is -0.518. The van der Waals surface area contributed by atoms with Crippen LogP contribution in [-0.2, 0) is 11.3 Å². The maximum atomic E-state index is 11.5. The molecule has 0 spiro atoms. The first kappa shape index (κ1) is 15.4. The lowest BCUT2D eigenvalue weighted by Crippen LogP contribution is -2.24. The maximum absolute atomic E-state index is 11.5. The fourth-order valence-corrected chi connectivity index (χ4v) is 1.71. The first-order chi connectivity index (χ1) is 10.6. The van der Waals surface area contributed by atoms with Gasteiger partial charge in [0, 0.05) is 17.3 Å². The Morgan fingerprint density at radius 1 is 1.32 bits per heavy atom. The van der Waals surface area contributed by atoms with Crippen molar-refractivity contribution in [3.63, 3.8) is 0 Å². The number of carbonyl (C=O) groups excluding carboxylic acids is 1. The summed E-state index contributed by atoms with van der Waals surface area (Å²) in [4.78, 5) is 25.3. The highest BCUT2D eigenvalue weighted by Gasteiger charge is 2.00. The molecule has 112 valence electrons. The molecule has 0 atom stereocenters. The molecule has 0 aliphatic rings. The molecular formula is C17H16N2O3. The van der Waals surface area contributed by atoms with Crippen LogP contribution in [-0.4, -0.2) is 17.6 Å². The molecular weight excluding hydrogens is 280 g/mol. The van der Waals surface area contributed by atoms with Crippen LogP contribution in [0.3, 0.4) is 0 Å². The number of ether oxygens (including phenoxy) is 1. The van der Waals surface area contributed by atoms with E-state index in [2.05, 4.69) is 22.1 Å². The van der Waals surface area contributed by atoms with Gasteiger partial charge in [0.2, 0.25) is 0 Å². The van der Waals surface area contributed by atoms with Crippen LogP contribution in [0.25, 0.3) is 0 Å². The summed E-state index contributed by atoms with van der Waals surface area (Å²) in [5.74, 6) is 5.64. The van der Waals surface area contributed by atoms with Crippen molar-refractivity contribution in [2.45, 2.75) is 13.5 Å². The van der Waals surface area contributed by atoms with Crippen molar-refractivity contribution in [2.75, 3.05) is 6.54 Å². The monoisotopic (exact) mass is 296 g/mol. The van der Waals surface area contributed by atoms with Gasteiger partial charge in [-0.1, -0.05) is 42.2 Å². The van der Waals surface area contributed by atoms with Crippen molar-refractivity contribution in [1.82, 2.24) is 10.3 Å². The summed E-state index contributed by atoms with van der Waals surface area (Å²) in [6.07, 6.45) is 1.02. The molecule has 1 amide bonds. The van der Waals surface area contributed by atoms with Gasteiger partial charge in [-0.25, -0.2) is 4.79 Å². The van der Waals surface area contributed by atoms with E-state index >= 15 is 0 Å². The van der Waals surface area contributed by atoms with Gasteiger partial charge < -0.3 is 15.0 Å². The summed E-state index contributed by atoms with van der Waals surface area (Å²) >= 11 is 0. The average Bonchev–Trinajstić information content (AvgIpc) is 2.54. The second kappa shape index (κ2) is 7.70. The third-order valence-corrected chi connectivity index (χ3v) is 2.86. The first-order valence-corrected chi connectivity index (χ1v) is 6.78. The molecule has 0 bridgehead atoms. The van der Waals surface area contributed by atoms with Gasteiger partial charge in [-0.05, 0) is 18.6 Å². The van der Waals surface area contributed by atoms with E-state index in [9.17, 15) is 9.59 Å². The van der Waals surface area contributed by atoms with Crippen LogP contribution in [0.1, 0.15) is 16.7 Å². The third kappa shape index (κ3) is 4.84. The van der Waals surface area contributed by atoms with Gasteiger partial charge in [-0.3, -0.25) is 4.79 Å². The summed E-state index contributed by atoms with van der Waals surface area (Å²) in [6, 6.07) is 11.1. The van der Waals surface area contributed by atoms with Crippen LogP contribution in [0.4, 0.5) is 4.79 Å². The van der Waals surface area contributed by atoms with E-state index in [1.54, 1.807) is 13.0 Å². The largest absolute Gasteiger partial charge is 0.445 e. The molecule has 1 heterocycles. The van der Waals surface area contributed by atoms with Crippen molar-refractivity contribution in [3.8, 4) is 11.8 Å². The van der Waals surface area contributed by atoms with Crippen molar-refractivity contribution in [2.24, 2.45) is 0 Å². The van der Waals surface area contributed by atoms with E-state index < -0.39 is 6.09 Å². The lowest BCUT2D eigenvalue weighted by molar-refractivity contribution is 0.141. The molecule has 0 aliphatic heterocycles. The number of pyridine rings is 1. The van der Waals surface area contributed by atoms with Crippen LogP contribution >= 0.6 is 0 Å². The number of hydrogen-bond donors (Lipinski definition) is 2. The molecule has 1 aromatic heterocycles. The molecule has 0 fully saturated rings. The van der Waals surface area contributed by atoms with Crippen molar-refractivity contribution >= 4 is 6.09 Å². The highest BCUT2D eigenvalue weighted by molar-refractivity contribution is 5.67. The predicted molar refractivity (Wildman–Crippen MR) is 83.3 cm³/mol. The number of aromatic amines is 1. The van der Waals surface area contributed by atoms with Crippen molar-refractivity contribution < 1.29 is 9.53 Å². The summed E-state index contributed by atoms with van der Waals surface area (Å²) in [5, 5.41) is 2.54. The molecule has 0 saturated carbocycles. The number of benzene rings is 1. The number of rotatable bonds is 3. The van der Waals surface area contributed by atoms with Gasteiger partial charge in [0.05, 0.1) is 6.54 Å². The molecule has 2 N–H and O–H groups in total. The normalized spacial score (nSPS) is 9.50. The zero-order valence-electron chi connectivity index (χ0n) is 12.2. The highest BCUT2D eigenvalue weighted by Crippen LogP contribution is 2.00. The SMILES string of the molecule is Cc1cc(C#CCNC(=O)OCc2ccccc2)c[nH]c1=O. The molecule has 2 aromatic rings. The van der Waals surface area contributed by atoms with Crippen LogP contribution in [0.2, 0.25) is 0 Å². The van der Waals surface area contributed by atoms with Gasteiger partial charge >= 0.3 is 6.09 Å². The van der Waals surface area contributed by atoms with Crippen LogP contribution in [0, 0.1) is 18.8 Å². The van der Waals surface area contributed by atoms with Gasteiger partial charge in [-0.2, -0.15) is 0 Å². The number of aromatic nitrogens is 1. The van der Waals surface area contributed by atoms with Gasteiger partial charge in [-0.15, -0.1) is 0 Å². The number of carbonyl (C=O) groups is 1. The topological polar surface area (TPSA) is 71.2 Å². The zero-order valence-corrected chi connectivity index (χ0v) is 12.2. The first-order valence-electron chi connectivity index (χ1n) is 6.78. The second-order valence-corrected chi connectivity index (χ2v) is 4.62. The minimum Gasteiger partial charge on any atom is -0.445 e. The predicted octanol–water partition coefficient (Wildman–Crippen LogP) is 1.96. The number of aryl methyl sites for hydroxylation is 1. The maximum Gasteiger partial charge on any atom is 0.408 e. The molecule has 0 radical (unpaired) electrons. The number of hydrogen-bond acceptors (Lipinski definition) is 3. The van der Waals surface area contributed by atoms with E-state index in [0.717, 1.165) is 5.56 Å². The fraction of sp³-hybridized carbons (Fsp3) is 0.176. The van der Waals surface area contributed by atoms with E-state index in [0.29, 0.717) is 11.1 Å². The second-order valence-electron chi connectivity index (χ2n) is 4.62. The summed E-state index contributed by atoms with van der Waals surface area (Å²) in [7, 11) is 0. The Balaban J connectivity index is 1.76. The van der Waals surface area contributed by atoms with Crippen LogP contribution in [0.5, 0.6) is 0 Å². The van der Waals surface area contributed by atoms with Crippen LogP contribution in [0.15, 0.2) is 47.4 Å². The molecule has 0 aliphatic carbocycles. The quantitative estimate of drug-likeness (QED) is 0.851. The van der Waals surface area contributed by atoms with Gasteiger partial charge in [0.15, 0.2) is 0 Å². The van der Waals surface area contributed by atoms with E-state index in [1.165, 1.54) is 6.20 Å². The number of alkyl carbamates (subject to hydrolysis) is 1. The van der Waals surface area contributed by atoms with E-state index in [1.807, 2.05) is 30.3 Å². The van der Waals surface area contributed by atoms with E-state index in [-0.39, 0.29) is 18.7 Å². The smallest absolute Gasteiger partial charge is 0.408 e. The summed E-state index contributed by atoms with van der Waals surface area (Å²) < 4.78 is 5.05. The molecule has 22 heavy (non-hydrogen) atoms. The summed E-state index contributed by atoms with van der Waals surface area (Å²) in [6.45, 7) is 2.11. The Morgan fingerprint density at radius 2 is 2.09 bits per heavy atom. The standard InChI is InChI=1S/C17H16N2O3/c1-13-10-15(11-19-16(13)20)8-5-9-18-17(21)22-12-14-6-3-2-4-7-14/h2-4,6-7,10-11H,9,12H2,1H3,(H,18,21)(H,19,20). The lowest BCUT2D eigenvalue weighted by atomic mass is 10.2. The molecule has 5 nitrogen and oxygen atoms in total.